The van der Waals surface area contributed by atoms with E-state index < -0.39 is 38.6 Å². The Kier molecular flexibility index (Phi) is 8.24. The molecular weight excluding hydrogens is 565 g/mol. The lowest BCUT2D eigenvalue weighted by atomic mass is 9.79. The minimum absolute atomic E-state index is 0.141. The van der Waals surface area contributed by atoms with Gasteiger partial charge in [0, 0.05) is 39.8 Å². The number of alkyl halides is 3. The first kappa shape index (κ1) is 29.5. The molecule has 0 spiro atoms. The van der Waals surface area contributed by atoms with Crippen molar-refractivity contribution >= 4 is 49.8 Å². The van der Waals surface area contributed by atoms with E-state index in [2.05, 4.69) is 26.3 Å². The summed E-state index contributed by atoms with van der Waals surface area (Å²) in [5, 5.41) is 6.21. The van der Waals surface area contributed by atoms with E-state index in [9.17, 15) is 26.4 Å². The maximum absolute atomic E-state index is 13.6. The van der Waals surface area contributed by atoms with Gasteiger partial charge >= 0.3 is 6.18 Å². The fourth-order valence-electron chi connectivity index (χ4n) is 4.66. The number of carbonyl (C=O) groups excluding carboxylic acids is 1. The summed E-state index contributed by atoms with van der Waals surface area (Å²) >= 11 is 6.12. The molecule has 0 aliphatic heterocycles. The predicted molar refractivity (Wildman–Crippen MR) is 151 cm³/mol. The van der Waals surface area contributed by atoms with Gasteiger partial charge in [-0.25, -0.2) is 13.4 Å². The Morgan fingerprint density at radius 1 is 1.20 bits per heavy atom. The number of rotatable bonds is 7. The van der Waals surface area contributed by atoms with E-state index in [1.165, 1.54) is 44.2 Å². The van der Waals surface area contributed by atoms with E-state index in [-0.39, 0.29) is 34.9 Å². The molecule has 0 radical (unpaired) electrons. The molecule has 0 unspecified atom stereocenters. The first-order valence-corrected chi connectivity index (χ1v) is 14.5. The van der Waals surface area contributed by atoms with E-state index in [4.69, 9.17) is 18.0 Å². The molecule has 4 rings (SSSR count). The summed E-state index contributed by atoms with van der Waals surface area (Å²) in [5.74, 6) is 2.19. The summed E-state index contributed by atoms with van der Waals surface area (Å²) in [5.41, 5.74) is -1.31. The lowest BCUT2D eigenvalue weighted by molar-refractivity contribution is -0.140. The number of pyridine rings is 1. The van der Waals surface area contributed by atoms with Crippen molar-refractivity contribution in [1.29, 1.82) is 0 Å². The number of benzene rings is 2. The number of halogens is 4. The molecule has 3 aromatic rings. The second kappa shape index (κ2) is 11.2. The summed E-state index contributed by atoms with van der Waals surface area (Å²) in [6, 6.07) is 11.1. The third kappa shape index (κ3) is 6.62. The number of fused-ring (bicyclic) bond motifs is 1. The number of anilines is 2. The third-order valence-electron chi connectivity index (χ3n) is 6.81. The number of terminal acetylenes is 1. The van der Waals surface area contributed by atoms with Crippen LogP contribution in [0.2, 0.25) is 5.02 Å². The number of carbonyl (C=O) groups is 1. The molecule has 0 saturated heterocycles. The predicted octanol–water partition coefficient (Wildman–Crippen LogP) is 6.21. The summed E-state index contributed by atoms with van der Waals surface area (Å²) in [6.07, 6.45) is 3.18. The molecule has 2 aromatic carbocycles. The Morgan fingerprint density at radius 2 is 1.95 bits per heavy atom. The standard InChI is InChI=1S/C28H28ClF3N4O3S/c1-4-27(35-26(37)18-7-5-8-20(13-18)36-40(38,39)17(2)3)12-6-9-21(16-27)33-24-15-25(28(30,31)32)34-23-11-10-19(29)14-22(23)24/h1,5,7-8,10-11,13-15,17,21,36H,6,9,12,16H2,2-3H3,(H,33,34)(H,35,37)/t21-,27+/m0/s1. The van der Waals surface area contributed by atoms with Crippen molar-refractivity contribution in [2.45, 2.75) is 62.5 Å². The topological polar surface area (TPSA) is 100 Å². The van der Waals surface area contributed by atoms with Gasteiger partial charge in [0.25, 0.3) is 5.91 Å². The van der Waals surface area contributed by atoms with E-state index in [1.807, 2.05) is 0 Å². The molecule has 7 nitrogen and oxygen atoms in total. The lowest BCUT2D eigenvalue weighted by Gasteiger charge is -2.38. The van der Waals surface area contributed by atoms with Gasteiger partial charge in [0.05, 0.1) is 10.8 Å². The molecule has 1 amide bonds. The number of nitrogens with zero attached hydrogens (tertiary/aromatic N) is 1. The zero-order valence-electron chi connectivity index (χ0n) is 21.8. The Labute approximate surface area is 235 Å². The van der Waals surface area contributed by atoms with Gasteiger partial charge in [0.15, 0.2) is 0 Å². The normalized spacial score (nSPS) is 19.7. The molecule has 0 bridgehead atoms. The van der Waals surface area contributed by atoms with Crippen LogP contribution in [0.15, 0.2) is 48.5 Å². The maximum atomic E-state index is 13.6. The Hall–Kier alpha value is -3.49. The number of sulfonamides is 1. The van der Waals surface area contributed by atoms with Gasteiger partial charge in [-0.1, -0.05) is 23.6 Å². The summed E-state index contributed by atoms with van der Waals surface area (Å²) in [6.45, 7) is 3.08. The molecule has 1 heterocycles. The minimum Gasteiger partial charge on any atom is -0.382 e. The van der Waals surface area contributed by atoms with E-state index in [0.29, 0.717) is 29.7 Å². The number of aromatic nitrogens is 1. The highest BCUT2D eigenvalue weighted by atomic mass is 35.5. The van der Waals surface area contributed by atoms with Gasteiger partial charge in [-0.3, -0.25) is 9.52 Å². The van der Waals surface area contributed by atoms with Crippen LogP contribution in [0, 0.1) is 12.3 Å². The van der Waals surface area contributed by atoms with Crippen LogP contribution in [0.5, 0.6) is 0 Å². The summed E-state index contributed by atoms with van der Waals surface area (Å²) in [4.78, 5) is 17.0. The van der Waals surface area contributed by atoms with Crippen molar-refractivity contribution < 1.29 is 26.4 Å². The van der Waals surface area contributed by atoms with Gasteiger partial charge in [-0.15, -0.1) is 6.42 Å². The molecule has 1 aromatic heterocycles. The zero-order chi connectivity index (χ0) is 29.3. The zero-order valence-corrected chi connectivity index (χ0v) is 23.3. The largest absolute Gasteiger partial charge is 0.433 e. The molecule has 40 heavy (non-hydrogen) atoms. The van der Waals surface area contributed by atoms with Gasteiger partial charge < -0.3 is 10.6 Å². The van der Waals surface area contributed by atoms with Crippen molar-refractivity contribution in [2.75, 3.05) is 10.0 Å². The van der Waals surface area contributed by atoms with Crippen LogP contribution in [0.3, 0.4) is 0 Å². The van der Waals surface area contributed by atoms with E-state index >= 15 is 0 Å². The average Bonchev–Trinajstić information content (AvgIpc) is 2.88. The SMILES string of the molecule is C#C[C@@]1(NC(=O)c2cccc(NS(=O)(=O)C(C)C)c2)CCC[C@H](Nc2cc(C(F)(F)F)nc3ccc(Cl)cc23)C1. The highest BCUT2D eigenvalue weighted by Gasteiger charge is 2.38. The Balaban J connectivity index is 1.57. The van der Waals surface area contributed by atoms with Crippen LogP contribution < -0.4 is 15.4 Å². The van der Waals surface area contributed by atoms with Crippen LogP contribution in [-0.2, 0) is 16.2 Å². The smallest absolute Gasteiger partial charge is 0.382 e. The number of amides is 1. The Morgan fingerprint density at radius 3 is 2.62 bits per heavy atom. The molecule has 1 fully saturated rings. The van der Waals surface area contributed by atoms with Crippen molar-refractivity contribution in [1.82, 2.24) is 10.3 Å². The van der Waals surface area contributed by atoms with Crippen molar-refractivity contribution in [3.63, 3.8) is 0 Å². The Bertz CT molecular complexity index is 1590. The van der Waals surface area contributed by atoms with Crippen LogP contribution in [0.4, 0.5) is 24.5 Å². The molecule has 1 saturated carbocycles. The highest BCUT2D eigenvalue weighted by Crippen LogP contribution is 2.36. The van der Waals surface area contributed by atoms with Gasteiger partial charge in [-0.05, 0) is 75.6 Å². The van der Waals surface area contributed by atoms with E-state index in [1.54, 1.807) is 12.1 Å². The molecular formula is C28H28ClF3N4O3S. The van der Waals surface area contributed by atoms with Crippen molar-refractivity contribution in [3.8, 4) is 12.3 Å². The van der Waals surface area contributed by atoms with Crippen LogP contribution in [0.25, 0.3) is 10.9 Å². The van der Waals surface area contributed by atoms with Gasteiger partial charge in [0.1, 0.15) is 11.2 Å². The van der Waals surface area contributed by atoms with Gasteiger partial charge in [-0.2, -0.15) is 13.2 Å². The minimum atomic E-state index is -4.65. The molecule has 2 atom stereocenters. The molecule has 1 aliphatic rings. The molecule has 212 valence electrons. The third-order valence-corrected chi connectivity index (χ3v) is 8.80. The monoisotopic (exact) mass is 592 g/mol. The van der Waals surface area contributed by atoms with Crippen LogP contribution >= 0.6 is 11.6 Å². The number of hydrogen-bond acceptors (Lipinski definition) is 5. The second-order valence-corrected chi connectivity index (χ2v) is 12.8. The van der Waals surface area contributed by atoms with Crippen LogP contribution in [0.1, 0.15) is 55.6 Å². The molecule has 3 N–H and O–H groups in total. The van der Waals surface area contributed by atoms with Crippen LogP contribution in [-0.4, -0.2) is 36.1 Å². The number of hydrogen-bond donors (Lipinski definition) is 3. The first-order chi connectivity index (χ1) is 18.7. The second-order valence-electron chi connectivity index (χ2n) is 10.1. The first-order valence-electron chi connectivity index (χ1n) is 12.6. The maximum Gasteiger partial charge on any atom is 0.433 e. The lowest BCUT2D eigenvalue weighted by Crippen LogP contribution is -2.52. The number of nitrogens with one attached hydrogen (secondary N) is 3. The van der Waals surface area contributed by atoms with Crippen molar-refractivity contribution in [3.05, 3.63) is 64.8 Å². The molecule has 12 heteroatoms. The highest BCUT2D eigenvalue weighted by molar-refractivity contribution is 7.93. The molecule has 1 aliphatic carbocycles. The summed E-state index contributed by atoms with van der Waals surface area (Å²) < 4.78 is 67.6. The fraction of sp³-hybridized carbons (Fsp3) is 0.357. The fourth-order valence-corrected chi connectivity index (χ4v) is 5.52. The van der Waals surface area contributed by atoms with Crippen molar-refractivity contribution in [2.24, 2.45) is 0 Å². The quantitative estimate of drug-likeness (QED) is 0.283. The van der Waals surface area contributed by atoms with E-state index in [0.717, 1.165) is 6.07 Å². The average molecular weight is 593 g/mol. The van der Waals surface area contributed by atoms with Gasteiger partial charge in [0.2, 0.25) is 10.0 Å². The summed E-state index contributed by atoms with van der Waals surface area (Å²) in [7, 11) is -3.61.